The Morgan fingerprint density at radius 2 is 1.92 bits per heavy atom. The lowest BCUT2D eigenvalue weighted by molar-refractivity contribution is -0.128. The monoisotopic (exact) mass is 169 g/mol. The number of carbonyl (C=O) groups excluding carboxylic acids is 2. The van der Waals surface area contributed by atoms with E-state index in [-0.39, 0.29) is 11.7 Å². The Hall–Kier alpha value is -0.860. The van der Waals surface area contributed by atoms with Crippen molar-refractivity contribution in [2.45, 2.75) is 39.7 Å². The zero-order chi connectivity index (χ0) is 9.57. The van der Waals surface area contributed by atoms with E-state index in [9.17, 15) is 9.59 Å². The average Bonchev–Trinajstić information content (AvgIpc) is 2.03. The SMILES string of the molecule is CC(=O)C1(C)CC(C)(C)C(=O)N1. The first kappa shape index (κ1) is 9.23. The van der Waals surface area contributed by atoms with E-state index in [4.69, 9.17) is 0 Å². The number of carbonyl (C=O) groups is 2. The van der Waals surface area contributed by atoms with Crippen LogP contribution >= 0.6 is 0 Å². The zero-order valence-corrected chi connectivity index (χ0v) is 8.02. The van der Waals surface area contributed by atoms with E-state index in [2.05, 4.69) is 5.32 Å². The van der Waals surface area contributed by atoms with Gasteiger partial charge in [0.1, 0.15) is 0 Å². The van der Waals surface area contributed by atoms with Gasteiger partial charge in [-0.2, -0.15) is 0 Å². The Morgan fingerprint density at radius 1 is 1.42 bits per heavy atom. The second-order valence-electron chi connectivity index (χ2n) is 4.40. The summed E-state index contributed by atoms with van der Waals surface area (Å²) in [4.78, 5) is 22.5. The van der Waals surface area contributed by atoms with Gasteiger partial charge in [0.25, 0.3) is 0 Å². The third kappa shape index (κ3) is 1.24. The molecule has 1 fully saturated rings. The van der Waals surface area contributed by atoms with Crippen molar-refractivity contribution < 1.29 is 9.59 Å². The largest absolute Gasteiger partial charge is 0.343 e. The Labute approximate surface area is 72.5 Å². The van der Waals surface area contributed by atoms with E-state index in [1.165, 1.54) is 6.92 Å². The third-order valence-electron chi connectivity index (χ3n) is 2.58. The smallest absolute Gasteiger partial charge is 0.226 e. The molecule has 0 aliphatic carbocycles. The minimum absolute atomic E-state index is 0.0276. The van der Waals surface area contributed by atoms with Gasteiger partial charge in [-0.25, -0.2) is 0 Å². The minimum atomic E-state index is -0.638. The molecule has 0 aromatic heterocycles. The highest BCUT2D eigenvalue weighted by Crippen LogP contribution is 2.35. The first-order chi connectivity index (χ1) is 5.28. The van der Waals surface area contributed by atoms with Crippen LogP contribution in [0.5, 0.6) is 0 Å². The Bertz CT molecular complexity index is 245. The van der Waals surface area contributed by atoms with Crippen LogP contribution in [0.15, 0.2) is 0 Å². The number of rotatable bonds is 1. The second kappa shape index (κ2) is 2.31. The Balaban J connectivity index is 2.92. The molecule has 0 bridgehead atoms. The number of nitrogens with one attached hydrogen (secondary N) is 1. The third-order valence-corrected chi connectivity index (χ3v) is 2.58. The number of ketones is 1. The van der Waals surface area contributed by atoms with Crippen LogP contribution in [-0.4, -0.2) is 17.2 Å². The number of amides is 1. The predicted octanol–water partition coefficient (Wildman–Crippen LogP) is 0.880. The highest BCUT2D eigenvalue weighted by atomic mass is 16.2. The summed E-state index contributed by atoms with van der Waals surface area (Å²) in [6, 6.07) is 0. The summed E-state index contributed by atoms with van der Waals surface area (Å²) in [6.45, 7) is 7.01. The van der Waals surface area contributed by atoms with Crippen molar-refractivity contribution in [1.82, 2.24) is 5.32 Å². The molecule has 0 aromatic carbocycles. The van der Waals surface area contributed by atoms with Crippen molar-refractivity contribution in [3.8, 4) is 0 Å². The minimum Gasteiger partial charge on any atom is -0.343 e. The fraction of sp³-hybridized carbons (Fsp3) is 0.778. The van der Waals surface area contributed by atoms with E-state index in [0.29, 0.717) is 6.42 Å². The average molecular weight is 169 g/mol. The van der Waals surface area contributed by atoms with Crippen LogP contribution in [0.25, 0.3) is 0 Å². The topological polar surface area (TPSA) is 46.2 Å². The lowest BCUT2D eigenvalue weighted by atomic mass is 9.83. The van der Waals surface area contributed by atoms with Crippen molar-refractivity contribution in [1.29, 1.82) is 0 Å². The van der Waals surface area contributed by atoms with Crippen LogP contribution in [0.1, 0.15) is 34.1 Å². The molecule has 1 saturated heterocycles. The predicted molar refractivity (Wildman–Crippen MR) is 45.6 cm³/mol. The molecule has 1 aliphatic heterocycles. The Morgan fingerprint density at radius 3 is 2.08 bits per heavy atom. The van der Waals surface area contributed by atoms with Gasteiger partial charge in [-0.05, 0) is 20.3 Å². The lowest BCUT2D eigenvalue weighted by Gasteiger charge is -2.20. The van der Waals surface area contributed by atoms with Crippen molar-refractivity contribution in [3.05, 3.63) is 0 Å². The van der Waals surface area contributed by atoms with E-state index >= 15 is 0 Å². The molecular weight excluding hydrogens is 154 g/mol. The van der Waals surface area contributed by atoms with Gasteiger partial charge in [0.05, 0.1) is 5.54 Å². The van der Waals surface area contributed by atoms with Gasteiger partial charge in [0.15, 0.2) is 5.78 Å². The first-order valence-electron chi connectivity index (χ1n) is 4.12. The molecule has 1 aliphatic rings. The van der Waals surface area contributed by atoms with Crippen LogP contribution in [0.4, 0.5) is 0 Å². The van der Waals surface area contributed by atoms with Gasteiger partial charge in [0.2, 0.25) is 5.91 Å². The second-order valence-corrected chi connectivity index (χ2v) is 4.40. The summed E-state index contributed by atoms with van der Waals surface area (Å²) >= 11 is 0. The van der Waals surface area contributed by atoms with Crippen molar-refractivity contribution in [3.63, 3.8) is 0 Å². The molecule has 3 nitrogen and oxygen atoms in total. The quantitative estimate of drug-likeness (QED) is 0.633. The van der Waals surface area contributed by atoms with Crippen LogP contribution in [-0.2, 0) is 9.59 Å². The molecule has 1 heterocycles. The molecule has 1 rings (SSSR count). The lowest BCUT2D eigenvalue weighted by Crippen LogP contribution is -2.44. The zero-order valence-electron chi connectivity index (χ0n) is 8.02. The van der Waals surface area contributed by atoms with Gasteiger partial charge in [0, 0.05) is 5.41 Å². The van der Waals surface area contributed by atoms with Crippen molar-refractivity contribution in [2.75, 3.05) is 0 Å². The van der Waals surface area contributed by atoms with Crippen molar-refractivity contribution in [2.24, 2.45) is 5.41 Å². The maximum absolute atomic E-state index is 11.4. The number of hydrogen-bond acceptors (Lipinski definition) is 2. The fourth-order valence-corrected chi connectivity index (χ4v) is 1.64. The van der Waals surface area contributed by atoms with E-state index in [1.807, 2.05) is 13.8 Å². The number of Topliss-reactive ketones (excluding diaryl/α,β-unsaturated/α-hetero) is 1. The van der Waals surface area contributed by atoms with E-state index in [0.717, 1.165) is 0 Å². The molecule has 1 unspecified atom stereocenters. The molecule has 68 valence electrons. The molecule has 1 amide bonds. The van der Waals surface area contributed by atoms with E-state index < -0.39 is 11.0 Å². The summed E-state index contributed by atoms with van der Waals surface area (Å²) < 4.78 is 0. The first-order valence-corrected chi connectivity index (χ1v) is 4.12. The molecule has 0 spiro atoms. The molecule has 1 atom stereocenters. The maximum Gasteiger partial charge on any atom is 0.226 e. The molecule has 3 heteroatoms. The van der Waals surface area contributed by atoms with Gasteiger partial charge >= 0.3 is 0 Å². The summed E-state index contributed by atoms with van der Waals surface area (Å²) in [5.74, 6) is 0.00150. The fourth-order valence-electron chi connectivity index (χ4n) is 1.64. The molecule has 0 saturated carbocycles. The summed E-state index contributed by atoms with van der Waals surface area (Å²) in [6.07, 6.45) is 0.591. The molecular formula is C9H15NO2. The normalized spacial score (nSPS) is 33.2. The summed E-state index contributed by atoms with van der Waals surface area (Å²) in [5, 5.41) is 2.73. The van der Waals surface area contributed by atoms with Crippen LogP contribution in [0.3, 0.4) is 0 Å². The van der Waals surface area contributed by atoms with Crippen LogP contribution in [0, 0.1) is 5.41 Å². The highest BCUT2D eigenvalue weighted by Gasteiger charge is 2.48. The standard InChI is InChI=1S/C9H15NO2/c1-6(11)9(4)5-8(2,3)7(12)10-9/h5H2,1-4H3,(H,10,12). The van der Waals surface area contributed by atoms with Gasteiger partial charge in [-0.1, -0.05) is 13.8 Å². The van der Waals surface area contributed by atoms with Gasteiger partial charge < -0.3 is 5.32 Å². The highest BCUT2D eigenvalue weighted by molar-refractivity contribution is 5.96. The van der Waals surface area contributed by atoms with Crippen molar-refractivity contribution >= 4 is 11.7 Å². The van der Waals surface area contributed by atoms with Gasteiger partial charge in [-0.3, -0.25) is 9.59 Å². The number of hydrogen-bond donors (Lipinski definition) is 1. The molecule has 0 radical (unpaired) electrons. The van der Waals surface area contributed by atoms with Gasteiger partial charge in [-0.15, -0.1) is 0 Å². The summed E-state index contributed by atoms with van der Waals surface area (Å²) in [7, 11) is 0. The summed E-state index contributed by atoms with van der Waals surface area (Å²) in [5.41, 5.74) is -1.04. The molecule has 1 N–H and O–H groups in total. The Kier molecular flexibility index (Phi) is 1.78. The molecule has 0 aromatic rings. The van der Waals surface area contributed by atoms with E-state index in [1.54, 1.807) is 6.92 Å². The molecule has 12 heavy (non-hydrogen) atoms. The van der Waals surface area contributed by atoms with Crippen LogP contribution in [0.2, 0.25) is 0 Å². The van der Waals surface area contributed by atoms with Crippen LogP contribution < -0.4 is 5.32 Å². The maximum atomic E-state index is 11.4.